The van der Waals surface area contributed by atoms with Gasteiger partial charge >= 0.3 is 0 Å². The van der Waals surface area contributed by atoms with Crippen molar-refractivity contribution in [1.82, 2.24) is 4.90 Å². The van der Waals surface area contributed by atoms with Crippen molar-refractivity contribution >= 4 is 50.1 Å². The van der Waals surface area contributed by atoms with Crippen LogP contribution in [0.25, 0.3) is 0 Å². The van der Waals surface area contributed by atoms with Crippen LogP contribution in [0.15, 0.2) is 58.1 Å². The molecule has 41 heavy (non-hydrogen) atoms. The van der Waals surface area contributed by atoms with Gasteiger partial charge in [0.15, 0.2) is 15.6 Å². The van der Waals surface area contributed by atoms with Gasteiger partial charge in [-0.05, 0) is 91.8 Å². The molecular weight excluding hydrogens is 565 g/mol. The molecule has 1 N–H and O–H groups in total. The van der Waals surface area contributed by atoms with Crippen LogP contribution in [-0.4, -0.2) is 62.8 Å². The average Bonchev–Trinajstić information content (AvgIpc) is 3.49. The molecule has 3 aromatic rings. The number of benzene rings is 2. The fourth-order valence-electron chi connectivity index (χ4n) is 5.34. The first kappa shape index (κ1) is 29.1. The number of hydrogen-bond donors (Lipinski definition) is 1. The normalized spacial score (nSPS) is 16.1. The number of carbonyl (C=O) groups is 3. The van der Waals surface area contributed by atoms with Gasteiger partial charge in [0.2, 0.25) is 5.91 Å². The number of imide groups is 1. The Kier molecular flexibility index (Phi) is 8.96. The van der Waals surface area contributed by atoms with Gasteiger partial charge in [0, 0.05) is 24.2 Å². The monoisotopic (exact) mass is 597 g/mol. The number of likely N-dealkylation sites (tertiary alicyclic amines) is 1. The predicted octanol–water partition coefficient (Wildman–Crippen LogP) is 4.49. The highest BCUT2D eigenvalue weighted by Crippen LogP contribution is 2.30. The molecule has 0 bridgehead atoms. The van der Waals surface area contributed by atoms with E-state index in [1.54, 1.807) is 29.6 Å². The Bertz CT molecular complexity index is 1550. The number of anilines is 2. The van der Waals surface area contributed by atoms with E-state index in [2.05, 4.69) is 10.2 Å². The van der Waals surface area contributed by atoms with E-state index in [-0.39, 0.29) is 28.3 Å². The number of piperidine rings is 1. The van der Waals surface area contributed by atoms with Gasteiger partial charge in [-0.3, -0.25) is 14.4 Å². The highest BCUT2D eigenvalue weighted by atomic mass is 32.2. The van der Waals surface area contributed by atoms with Gasteiger partial charge < -0.3 is 10.2 Å². The fourth-order valence-corrected chi connectivity index (χ4v) is 7.67. The Balaban J connectivity index is 1.21. The molecule has 8 nitrogen and oxygen atoms in total. The van der Waals surface area contributed by atoms with Crippen molar-refractivity contribution in [2.24, 2.45) is 0 Å². The number of fused-ring (bicyclic) bond motifs is 1. The predicted molar refractivity (Wildman–Crippen MR) is 157 cm³/mol. The van der Waals surface area contributed by atoms with Crippen LogP contribution < -0.4 is 10.2 Å². The third-order valence-electron chi connectivity index (χ3n) is 7.37. The van der Waals surface area contributed by atoms with Crippen LogP contribution in [0.3, 0.4) is 0 Å². The van der Waals surface area contributed by atoms with Crippen molar-refractivity contribution in [1.29, 1.82) is 0 Å². The first-order valence-corrected chi connectivity index (χ1v) is 16.3. The second kappa shape index (κ2) is 12.6. The molecule has 0 saturated carbocycles. The molecule has 2 aliphatic heterocycles. The van der Waals surface area contributed by atoms with E-state index < -0.39 is 39.0 Å². The van der Waals surface area contributed by atoms with Crippen LogP contribution in [0, 0.1) is 5.82 Å². The molecule has 11 heteroatoms. The first-order valence-electron chi connectivity index (χ1n) is 13.7. The van der Waals surface area contributed by atoms with Gasteiger partial charge in [0.25, 0.3) is 5.91 Å². The number of sulfone groups is 1. The number of nitrogens with zero attached hydrogens (tertiary/aromatic N) is 2. The van der Waals surface area contributed by atoms with Crippen molar-refractivity contribution in [3.63, 3.8) is 0 Å². The van der Waals surface area contributed by atoms with Gasteiger partial charge in [-0.15, -0.1) is 11.3 Å². The molecule has 2 aromatic carbocycles. The number of ketones is 1. The van der Waals surface area contributed by atoms with Gasteiger partial charge in [0.1, 0.15) is 15.8 Å². The minimum absolute atomic E-state index is 0.0510. The summed E-state index contributed by atoms with van der Waals surface area (Å²) in [6.07, 6.45) is 4.48. The SMILES string of the molecule is O=C(Cc1ccc(N2C(=O)Cc3cc(NCCCN4CCCCC4)ccc3C2=O)c(F)c1)CS(=O)(=O)c1cccs1. The number of halogens is 1. The molecule has 1 fully saturated rings. The molecule has 2 aliphatic rings. The van der Waals surface area contributed by atoms with E-state index in [4.69, 9.17) is 0 Å². The van der Waals surface area contributed by atoms with Gasteiger partial charge in [0.05, 0.1) is 12.1 Å². The fraction of sp³-hybridized carbons (Fsp3) is 0.367. The quantitative estimate of drug-likeness (QED) is 0.257. The van der Waals surface area contributed by atoms with Crippen LogP contribution in [0.1, 0.15) is 47.2 Å². The summed E-state index contributed by atoms with van der Waals surface area (Å²) in [4.78, 5) is 42.0. The minimum atomic E-state index is -3.76. The molecule has 0 radical (unpaired) electrons. The molecule has 0 aliphatic carbocycles. The lowest BCUT2D eigenvalue weighted by atomic mass is 9.96. The van der Waals surface area contributed by atoms with Gasteiger partial charge in [-0.2, -0.15) is 0 Å². The van der Waals surface area contributed by atoms with Crippen molar-refractivity contribution in [2.75, 3.05) is 42.1 Å². The summed E-state index contributed by atoms with van der Waals surface area (Å²) in [6, 6.07) is 12.1. The van der Waals surface area contributed by atoms with Gasteiger partial charge in [-0.1, -0.05) is 18.6 Å². The van der Waals surface area contributed by atoms with E-state index in [1.165, 1.54) is 37.5 Å². The zero-order chi connectivity index (χ0) is 29.0. The number of Topliss-reactive ketones (excluding diaryl/α,β-unsaturated/α-hetero) is 1. The lowest BCUT2D eigenvalue weighted by Gasteiger charge is -2.28. The Morgan fingerprint density at radius 2 is 1.83 bits per heavy atom. The summed E-state index contributed by atoms with van der Waals surface area (Å²) >= 11 is 1.03. The molecule has 216 valence electrons. The van der Waals surface area contributed by atoms with E-state index in [9.17, 15) is 22.8 Å². The van der Waals surface area contributed by atoms with E-state index in [1.807, 2.05) is 0 Å². The maximum absolute atomic E-state index is 15.2. The largest absolute Gasteiger partial charge is 0.385 e. The van der Waals surface area contributed by atoms with Crippen molar-refractivity contribution in [3.05, 3.63) is 76.4 Å². The lowest BCUT2D eigenvalue weighted by Crippen LogP contribution is -2.43. The number of rotatable bonds is 11. The number of nitrogens with one attached hydrogen (secondary N) is 1. The summed E-state index contributed by atoms with van der Waals surface area (Å²) in [7, 11) is -3.76. The summed E-state index contributed by atoms with van der Waals surface area (Å²) in [5.74, 6) is -3.27. The number of amides is 2. The standard InChI is InChI=1S/C30H32FN3O5S2/c31-26-17-21(16-24(35)20-41(38,39)29-6-4-15-40-29)7-10-27(26)34-28(36)19-22-18-23(8-9-25(22)30(34)37)32-11-5-14-33-12-2-1-3-13-33/h4,6-10,15,17-18,32H,1-3,5,11-14,16,19-20H2. The molecular formula is C30H32FN3O5S2. The second-order valence-electron chi connectivity index (χ2n) is 10.5. The van der Waals surface area contributed by atoms with Crippen molar-refractivity contribution < 1.29 is 27.2 Å². The van der Waals surface area contributed by atoms with Crippen molar-refractivity contribution in [3.8, 4) is 0 Å². The molecule has 1 saturated heterocycles. The van der Waals surface area contributed by atoms with Crippen LogP contribution in [0.4, 0.5) is 15.8 Å². The summed E-state index contributed by atoms with van der Waals surface area (Å²) < 4.78 is 40.0. The third kappa shape index (κ3) is 6.91. The number of carbonyl (C=O) groups excluding carboxylic acids is 3. The van der Waals surface area contributed by atoms with E-state index in [0.29, 0.717) is 11.1 Å². The molecule has 1 aromatic heterocycles. The van der Waals surface area contributed by atoms with Crippen LogP contribution in [0.5, 0.6) is 0 Å². The molecule has 0 spiro atoms. The zero-order valence-electron chi connectivity index (χ0n) is 22.6. The maximum Gasteiger partial charge on any atom is 0.265 e. The molecule has 3 heterocycles. The topological polar surface area (TPSA) is 104 Å². The number of thiophene rings is 1. The Morgan fingerprint density at radius 1 is 1.02 bits per heavy atom. The Hall–Kier alpha value is -3.41. The minimum Gasteiger partial charge on any atom is -0.385 e. The molecule has 0 atom stereocenters. The molecule has 2 amide bonds. The third-order valence-corrected chi connectivity index (χ3v) is 10.5. The Morgan fingerprint density at radius 3 is 2.56 bits per heavy atom. The van der Waals surface area contributed by atoms with Crippen LogP contribution in [0.2, 0.25) is 0 Å². The zero-order valence-corrected chi connectivity index (χ0v) is 24.2. The smallest absolute Gasteiger partial charge is 0.265 e. The highest BCUT2D eigenvalue weighted by Gasteiger charge is 2.34. The summed E-state index contributed by atoms with van der Waals surface area (Å²) in [5, 5.41) is 4.98. The summed E-state index contributed by atoms with van der Waals surface area (Å²) in [6.45, 7) is 4.13. The lowest BCUT2D eigenvalue weighted by molar-refractivity contribution is -0.118. The van der Waals surface area contributed by atoms with E-state index in [0.717, 1.165) is 60.6 Å². The second-order valence-corrected chi connectivity index (χ2v) is 13.6. The van der Waals surface area contributed by atoms with E-state index >= 15 is 4.39 Å². The number of hydrogen-bond acceptors (Lipinski definition) is 8. The molecule has 5 rings (SSSR count). The Labute approximate surface area is 243 Å². The van der Waals surface area contributed by atoms with Crippen LogP contribution in [-0.2, 0) is 32.3 Å². The molecule has 0 unspecified atom stereocenters. The van der Waals surface area contributed by atoms with Crippen molar-refractivity contribution in [2.45, 2.75) is 42.7 Å². The maximum atomic E-state index is 15.2. The van der Waals surface area contributed by atoms with Crippen LogP contribution >= 0.6 is 11.3 Å². The van der Waals surface area contributed by atoms with Gasteiger partial charge in [-0.25, -0.2) is 17.7 Å². The average molecular weight is 598 g/mol. The first-order chi connectivity index (χ1) is 19.7. The highest BCUT2D eigenvalue weighted by molar-refractivity contribution is 7.94. The summed E-state index contributed by atoms with van der Waals surface area (Å²) in [5.41, 5.74) is 1.81.